The van der Waals surface area contributed by atoms with E-state index >= 15 is 0 Å². The molecule has 9 heteroatoms. The summed E-state index contributed by atoms with van der Waals surface area (Å²) in [4.78, 5) is 0. The predicted molar refractivity (Wildman–Crippen MR) is 103 cm³/mol. The number of H-pyrrole nitrogens is 1. The summed E-state index contributed by atoms with van der Waals surface area (Å²) in [5.41, 5.74) is 5.85. The monoisotopic (exact) mass is 440 g/mol. The molecule has 0 aliphatic rings. The first-order chi connectivity index (χ1) is 14.7. The van der Waals surface area contributed by atoms with Gasteiger partial charge in [-0.2, -0.15) is 4.57 Å². The maximum Gasteiger partial charge on any atom is 0.375 e. The third-order valence-corrected chi connectivity index (χ3v) is 4.49. The SMILES string of the molecule is CC(C)c1cc(-c2ccccc2)cc(-c2ccccc2)[n+]1-c1cn[nH]n1.[O-][Cl+3]([O-])([O-])[O-]. The molecule has 0 fully saturated rings. The molecule has 0 bridgehead atoms. The van der Waals surface area contributed by atoms with E-state index in [-0.39, 0.29) is 0 Å². The van der Waals surface area contributed by atoms with Crippen molar-refractivity contribution in [1.29, 1.82) is 0 Å². The molecule has 0 spiro atoms. The fraction of sp³-hybridized carbons (Fsp3) is 0.136. The molecule has 0 saturated heterocycles. The first-order valence-electron chi connectivity index (χ1n) is 9.43. The molecule has 0 radical (unpaired) electrons. The molecule has 4 rings (SSSR count). The fourth-order valence-electron chi connectivity index (χ4n) is 3.22. The van der Waals surface area contributed by atoms with Crippen LogP contribution < -0.4 is 23.2 Å². The number of nitrogens with zero attached hydrogens (tertiary/aromatic N) is 3. The number of pyridine rings is 1. The van der Waals surface area contributed by atoms with E-state index in [0.29, 0.717) is 5.92 Å². The number of aromatic amines is 1. The summed E-state index contributed by atoms with van der Waals surface area (Å²) in [7, 11) is -4.94. The van der Waals surface area contributed by atoms with Gasteiger partial charge in [0.05, 0.1) is 5.10 Å². The van der Waals surface area contributed by atoms with Crippen LogP contribution in [0.1, 0.15) is 25.5 Å². The molecule has 160 valence electrons. The normalized spacial score (nSPS) is 11.2. The zero-order chi connectivity index (χ0) is 22.4. The van der Waals surface area contributed by atoms with Crippen molar-refractivity contribution in [3.8, 4) is 28.2 Å². The highest BCUT2D eigenvalue weighted by Crippen LogP contribution is 2.28. The summed E-state index contributed by atoms with van der Waals surface area (Å²) in [6.45, 7) is 4.41. The number of aromatic nitrogens is 4. The van der Waals surface area contributed by atoms with E-state index in [1.165, 1.54) is 16.8 Å². The summed E-state index contributed by atoms with van der Waals surface area (Å²) in [5, 5.41) is 11.1. The van der Waals surface area contributed by atoms with Crippen LogP contribution in [-0.2, 0) is 0 Å². The third kappa shape index (κ3) is 6.17. The van der Waals surface area contributed by atoms with Crippen molar-refractivity contribution in [1.82, 2.24) is 15.4 Å². The molecule has 2 aromatic carbocycles. The number of halogens is 1. The van der Waals surface area contributed by atoms with Crippen LogP contribution >= 0.6 is 0 Å². The largest absolute Gasteiger partial charge is 0.375 e. The quantitative estimate of drug-likeness (QED) is 0.435. The van der Waals surface area contributed by atoms with Gasteiger partial charge in [-0.3, -0.25) is 0 Å². The Morgan fingerprint density at radius 3 is 1.84 bits per heavy atom. The Morgan fingerprint density at radius 1 is 0.806 bits per heavy atom. The highest BCUT2D eigenvalue weighted by Gasteiger charge is 2.24. The van der Waals surface area contributed by atoms with E-state index in [1.807, 2.05) is 12.1 Å². The highest BCUT2D eigenvalue weighted by molar-refractivity contribution is 5.69. The molecule has 4 aromatic rings. The lowest BCUT2D eigenvalue weighted by atomic mass is 9.98. The Hall–Kier alpha value is -3.14. The average Bonchev–Trinajstić information content (AvgIpc) is 3.27. The lowest BCUT2D eigenvalue weighted by molar-refractivity contribution is -2.00. The number of rotatable bonds is 4. The predicted octanol–water partition coefficient (Wildman–Crippen LogP) is -0.217. The highest BCUT2D eigenvalue weighted by atomic mass is 35.7. The molecule has 0 atom stereocenters. The third-order valence-electron chi connectivity index (χ3n) is 4.49. The van der Waals surface area contributed by atoms with Crippen molar-refractivity contribution in [3.05, 3.63) is 84.7 Å². The van der Waals surface area contributed by atoms with Gasteiger partial charge < -0.3 is 0 Å². The van der Waals surface area contributed by atoms with Crippen molar-refractivity contribution in [2.45, 2.75) is 19.8 Å². The summed E-state index contributed by atoms with van der Waals surface area (Å²) < 4.78 is 36.2. The van der Waals surface area contributed by atoms with Gasteiger partial charge in [0.25, 0.3) is 0 Å². The molecule has 8 nitrogen and oxygen atoms in total. The van der Waals surface area contributed by atoms with Crippen molar-refractivity contribution in [2.75, 3.05) is 0 Å². The number of hydrogen-bond acceptors (Lipinski definition) is 6. The first kappa shape index (κ1) is 22.5. The Bertz CT molecular complexity index is 1090. The van der Waals surface area contributed by atoms with E-state index in [4.69, 9.17) is 18.6 Å². The zero-order valence-electron chi connectivity index (χ0n) is 16.9. The molecule has 0 unspecified atom stereocenters. The van der Waals surface area contributed by atoms with Crippen LogP contribution in [-0.4, -0.2) is 15.4 Å². The van der Waals surface area contributed by atoms with Crippen molar-refractivity contribution in [3.63, 3.8) is 0 Å². The van der Waals surface area contributed by atoms with Gasteiger partial charge >= 0.3 is 5.82 Å². The summed E-state index contributed by atoms with van der Waals surface area (Å²) in [6, 6.07) is 25.4. The van der Waals surface area contributed by atoms with Gasteiger partial charge in [0.15, 0.2) is 0 Å². The number of hydrogen-bond donors (Lipinski definition) is 1. The van der Waals surface area contributed by atoms with Crippen LogP contribution in [0.15, 0.2) is 79.0 Å². The number of benzene rings is 2. The van der Waals surface area contributed by atoms with Gasteiger partial charge in [0.2, 0.25) is 0 Å². The second-order valence-corrected chi connectivity index (χ2v) is 7.74. The van der Waals surface area contributed by atoms with E-state index < -0.39 is 10.2 Å². The summed E-state index contributed by atoms with van der Waals surface area (Å²) in [5.74, 6) is 1.13. The second kappa shape index (κ2) is 9.78. The molecular formula is C22H21ClN4O4. The second-order valence-electron chi connectivity index (χ2n) is 6.98. The molecule has 1 N–H and O–H groups in total. The van der Waals surface area contributed by atoms with E-state index in [0.717, 1.165) is 17.1 Å². The maximum absolute atomic E-state index is 8.49. The van der Waals surface area contributed by atoms with Gasteiger partial charge in [-0.15, -0.1) is 20.6 Å². The minimum absolute atomic E-state index is 0.331. The van der Waals surface area contributed by atoms with Crippen LogP contribution in [0, 0.1) is 10.2 Å². The van der Waals surface area contributed by atoms with E-state index in [1.54, 1.807) is 6.20 Å². The molecule has 31 heavy (non-hydrogen) atoms. The number of nitrogens with one attached hydrogen (secondary N) is 1. The smallest absolute Gasteiger partial charge is 0.222 e. The lowest BCUT2D eigenvalue weighted by Crippen LogP contribution is -2.68. The first-order valence-corrected chi connectivity index (χ1v) is 10.7. The Labute approximate surface area is 181 Å². The standard InChI is InChI=1S/C22H21N4.ClHO4/c1-16(2)20-13-19(17-9-5-3-6-10-17)14-21(18-11-7-4-8-12-18)26(20)22-15-23-25-24-22;2-1(3,4)5/h3-16H,1-2H3,(H,23,24,25);(H,2,3,4,5)/q+1;/p-1. The Balaban J connectivity index is 0.000000491. The van der Waals surface area contributed by atoms with Gasteiger partial charge in [0.1, 0.15) is 17.6 Å². The van der Waals surface area contributed by atoms with Crippen LogP contribution in [0.25, 0.3) is 28.2 Å². The van der Waals surface area contributed by atoms with Crippen LogP contribution in [0.2, 0.25) is 0 Å². The summed E-state index contributed by atoms with van der Waals surface area (Å²) in [6.07, 6.45) is 1.76. The van der Waals surface area contributed by atoms with Crippen molar-refractivity contribution in [2.24, 2.45) is 0 Å². The zero-order valence-corrected chi connectivity index (χ0v) is 17.7. The van der Waals surface area contributed by atoms with Gasteiger partial charge in [-0.1, -0.05) is 74.5 Å². The average molecular weight is 441 g/mol. The van der Waals surface area contributed by atoms with Gasteiger partial charge in [-0.05, 0) is 23.3 Å². The van der Waals surface area contributed by atoms with E-state index in [9.17, 15) is 0 Å². The van der Waals surface area contributed by atoms with Crippen LogP contribution in [0.4, 0.5) is 0 Å². The van der Waals surface area contributed by atoms with E-state index in [2.05, 4.69) is 94.5 Å². The van der Waals surface area contributed by atoms with Crippen molar-refractivity contribution >= 4 is 0 Å². The molecule has 2 heterocycles. The molecule has 0 aliphatic carbocycles. The molecule has 2 aromatic heterocycles. The topological polar surface area (TPSA) is 138 Å². The minimum Gasteiger partial charge on any atom is -0.222 e. The van der Waals surface area contributed by atoms with Crippen LogP contribution in [0.5, 0.6) is 0 Å². The minimum atomic E-state index is -4.94. The van der Waals surface area contributed by atoms with Crippen LogP contribution in [0.3, 0.4) is 0 Å². The molecule has 0 aliphatic heterocycles. The lowest BCUT2D eigenvalue weighted by Gasteiger charge is -2.17. The maximum atomic E-state index is 8.49. The molecule has 0 saturated carbocycles. The molecule has 0 amide bonds. The Kier molecular flexibility index (Phi) is 7.11. The fourth-order valence-corrected chi connectivity index (χ4v) is 3.22. The van der Waals surface area contributed by atoms with Gasteiger partial charge in [-0.25, -0.2) is 18.6 Å². The summed E-state index contributed by atoms with van der Waals surface area (Å²) >= 11 is 0. The van der Waals surface area contributed by atoms with Gasteiger partial charge in [0, 0.05) is 11.5 Å². The van der Waals surface area contributed by atoms with Crippen molar-refractivity contribution < 1.29 is 33.4 Å². The Morgan fingerprint density at radius 2 is 1.35 bits per heavy atom. The molecular weight excluding hydrogens is 420 g/mol.